The molecule has 0 saturated carbocycles. The van der Waals surface area contributed by atoms with Crippen molar-refractivity contribution < 1.29 is 24.5 Å². The topological polar surface area (TPSA) is 55.8 Å². The summed E-state index contributed by atoms with van der Waals surface area (Å²) < 4.78 is 41.9. The molecule has 1 amide bonds. The number of nitrogens with zero attached hydrogens (tertiary/aromatic N) is 1. The van der Waals surface area contributed by atoms with E-state index in [1.54, 1.807) is 51.1 Å². The minimum absolute atomic E-state index is 0.0953. The number of esters is 1. The van der Waals surface area contributed by atoms with Crippen molar-refractivity contribution in [3.8, 4) is 0 Å². The van der Waals surface area contributed by atoms with Crippen LogP contribution >= 0.6 is 0 Å². The van der Waals surface area contributed by atoms with E-state index in [4.69, 9.17) is 15.0 Å². The van der Waals surface area contributed by atoms with Crippen LogP contribution in [-0.2, 0) is 20.9 Å². The third-order valence-electron chi connectivity index (χ3n) is 2.68. The summed E-state index contributed by atoms with van der Waals surface area (Å²) in [6.07, 6.45) is -1.13. The lowest BCUT2D eigenvalue weighted by Crippen LogP contribution is -2.44. The van der Waals surface area contributed by atoms with E-state index in [1.807, 2.05) is 0 Å². The second kappa shape index (κ2) is 6.64. The molecule has 1 heterocycles. The highest BCUT2D eigenvalue weighted by Crippen LogP contribution is 2.17. The Balaban J connectivity index is 2.24. The zero-order valence-electron chi connectivity index (χ0n) is 16.8. The maximum Gasteiger partial charge on any atom is 0.411 e. The summed E-state index contributed by atoms with van der Waals surface area (Å²) in [6.45, 7) is 2.04. The fourth-order valence-electron chi connectivity index (χ4n) is 1.72. The molecule has 1 aromatic carbocycles. The molecule has 1 atom stereocenters. The summed E-state index contributed by atoms with van der Waals surface area (Å²) >= 11 is 0. The van der Waals surface area contributed by atoms with Crippen LogP contribution in [0.2, 0.25) is 0 Å². The number of ether oxygens (including phenoxy) is 2. The molecule has 0 aromatic heterocycles. The number of carbonyl (C=O) groups excluding carboxylic acids is 2. The quantitative estimate of drug-likeness (QED) is 0.636. The Bertz CT molecular complexity index is 728. The third-order valence-corrected chi connectivity index (χ3v) is 2.68. The first-order chi connectivity index (χ1) is 11.9. The molecule has 0 radical (unpaired) electrons. The van der Waals surface area contributed by atoms with Crippen molar-refractivity contribution in [3.05, 3.63) is 48.0 Å². The highest BCUT2D eigenvalue weighted by molar-refractivity contribution is 5.84. The van der Waals surface area contributed by atoms with Gasteiger partial charge in [-0.25, -0.2) is 9.59 Å². The molecular weight excluding hydrogens is 282 g/mol. The Kier molecular flexibility index (Phi) is 3.41. The number of rotatable bonds is 3. The molecule has 0 fully saturated rings. The fraction of sp³-hybridized carbons (Fsp3) is 0.412. The van der Waals surface area contributed by atoms with Gasteiger partial charge in [-0.3, -0.25) is 4.90 Å². The van der Waals surface area contributed by atoms with Gasteiger partial charge in [-0.2, -0.15) is 0 Å². The molecule has 0 bridgehead atoms. The van der Waals surface area contributed by atoms with E-state index in [0.717, 1.165) is 0 Å². The molecule has 22 heavy (non-hydrogen) atoms. The standard InChI is InChI=1S/C17H21NO4/c1-17(2,3)22-16(20)18-11-7-10-14(18)15(19)21-12-13-8-5-4-6-9-13/h4-10,14H,11-12H2,1-3H3/i7D,10D,11D2. The first-order valence-electron chi connectivity index (χ1n) is 8.86. The van der Waals surface area contributed by atoms with Gasteiger partial charge in [-0.15, -0.1) is 0 Å². The summed E-state index contributed by atoms with van der Waals surface area (Å²) in [5, 5.41) is 0. The van der Waals surface area contributed by atoms with E-state index in [2.05, 4.69) is 0 Å². The molecular formula is C17H21NO4. The predicted octanol–water partition coefficient (Wildman–Crippen LogP) is 2.91. The normalized spacial score (nSPS) is 23.2. The number of hydrogen-bond donors (Lipinski definition) is 0. The maximum atomic E-state index is 12.5. The Morgan fingerprint density at radius 2 is 2.05 bits per heavy atom. The third kappa shape index (κ3) is 4.35. The van der Waals surface area contributed by atoms with Gasteiger partial charge in [0, 0.05) is 6.50 Å². The van der Waals surface area contributed by atoms with Gasteiger partial charge in [0.2, 0.25) is 0 Å². The molecule has 0 saturated heterocycles. The predicted molar refractivity (Wildman–Crippen MR) is 82.1 cm³/mol. The van der Waals surface area contributed by atoms with Crippen LogP contribution in [0.1, 0.15) is 31.8 Å². The summed E-state index contributed by atoms with van der Waals surface area (Å²) in [4.78, 5) is 25.3. The Morgan fingerprint density at radius 1 is 1.36 bits per heavy atom. The van der Waals surface area contributed by atoms with Gasteiger partial charge in [0.05, 0.1) is 5.48 Å². The number of carbonyl (C=O) groups is 2. The Morgan fingerprint density at radius 3 is 2.68 bits per heavy atom. The molecule has 2 rings (SSSR count). The van der Waals surface area contributed by atoms with Crippen molar-refractivity contribution in [3.63, 3.8) is 0 Å². The van der Waals surface area contributed by atoms with Crippen molar-refractivity contribution in [1.29, 1.82) is 0 Å². The average molecular weight is 307 g/mol. The zero-order chi connectivity index (χ0) is 19.7. The molecule has 0 spiro atoms. The van der Waals surface area contributed by atoms with Crippen molar-refractivity contribution in [2.24, 2.45) is 0 Å². The smallest absolute Gasteiger partial charge is 0.411 e. The molecule has 0 aliphatic carbocycles. The van der Waals surface area contributed by atoms with Crippen molar-refractivity contribution >= 4 is 12.1 Å². The first kappa shape index (κ1) is 11.3. The minimum atomic E-state index is -2.64. The van der Waals surface area contributed by atoms with E-state index < -0.39 is 42.3 Å². The van der Waals surface area contributed by atoms with Crippen LogP contribution in [0.25, 0.3) is 0 Å². The van der Waals surface area contributed by atoms with E-state index in [9.17, 15) is 9.59 Å². The lowest BCUT2D eigenvalue weighted by Gasteiger charge is -2.27. The van der Waals surface area contributed by atoms with Crippen LogP contribution in [0.3, 0.4) is 0 Å². The first-order valence-corrected chi connectivity index (χ1v) is 6.86. The molecule has 1 aliphatic rings. The van der Waals surface area contributed by atoms with E-state index in [1.165, 1.54) is 0 Å². The zero-order valence-corrected chi connectivity index (χ0v) is 12.8. The second-order valence-electron chi connectivity index (χ2n) is 5.73. The van der Waals surface area contributed by atoms with E-state index in [-0.39, 0.29) is 6.61 Å². The van der Waals surface area contributed by atoms with Gasteiger partial charge in [0.15, 0.2) is 6.04 Å². The Labute approximate surface area is 136 Å². The summed E-state index contributed by atoms with van der Waals surface area (Å²) in [5.74, 6) is -0.990. The van der Waals surface area contributed by atoms with Crippen LogP contribution in [0.15, 0.2) is 42.4 Å². The molecule has 118 valence electrons. The monoisotopic (exact) mass is 307 g/mol. The van der Waals surface area contributed by atoms with E-state index >= 15 is 0 Å². The highest BCUT2D eigenvalue weighted by Gasteiger charge is 2.34. The number of hydrogen-bond acceptors (Lipinski definition) is 4. The van der Waals surface area contributed by atoms with Crippen LogP contribution in [0, 0.1) is 0 Å². The highest BCUT2D eigenvalue weighted by atomic mass is 16.6. The fourth-order valence-corrected chi connectivity index (χ4v) is 1.72. The van der Waals surface area contributed by atoms with Crippen molar-refractivity contribution in [2.45, 2.75) is 39.0 Å². The van der Waals surface area contributed by atoms with Crippen molar-refractivity contribution in [2.75, 3.05) is 6.50 Å². The van der Waals surface area contributed by atoms with Crippen LogP contribution in [-0.4, -0.2) is 35.1 Å². The lowest BCUT2D eigenvalue weighted by atomic mass is 10.2. The maximum absolute atomic E-state index is 12.5. The summed E-state index contributed by atoms with van der Waals surface area (Å²) in [5.41, 5.74) is -0.231. The molecule has 1 aromatic rings. The van der Waals surface area contributed by atoms with Crippen molar-refractivity contribution in [1.82, 2.24) is 4.90 Å². The van der Waals surface area contributed by atoms with Gasteiger partial charge in [0.1, 0.15) is 12.2 Å². The SMILES string of the molecule is [2H]C1=C([2H])C([2H])([2H])N(C(=O)OC(C)(C)C)C1C(=O)OCc1ccccc1. The van der Waals surface area contributed by atoms with Gasteiger partial charge >= 0.3 is 12.1 Å². The second-order valence-corrected chi connectivity index (χ2v) is 5.73. The summed E-state index contributed by atoms with van der Waals surface area (Å²) in [6, 6.07) is 5.74. The molecule has 0 N–H and O–H groups in total. The Hall–Kier alpha value is -2.30. The van der Waals surface area contributed by atoms with Gasteiger partial charge in [-0.05, 0) is 26.3 Å². The van der Waals surface area contributed by atoms with E-state index in [0.29, 0.717) is 10.5 Å². The molecule has 5 nitrogen and oxygen atoms in total. The van der Waals surface area contributed by atoms with Crippen LogP contribution in [0.4, 0.5) is 4.79 Å². The summed E-state index contributed by atoms with van der Waals surface area (Å²) in [7, 11) is 0. The largest absolute Gasteiger partial charge is 0.459 e. The van der Waals surface area contributed by atoms with Gasteiger partial charge in [-0.1, -0.05) is 42.4 Å². The lowest BCUT2D eigenvalue weighted by molar-refractivity contribution is -0.148. The van der Waals surface area contributed by atoms with Crippen LogP contribution in [0.5, 0.6) is 0 Å². The number of amides is 1. The van der Waals surface area contributed by atoms with Gasteiger partial charge < -0.3 is 9.47 Å². The minimum Gasteiger partial charge on any atom is -0.459 e. The van der Waals surface area contributed by atoms with Gasteiger partial charge in [0.25, 0.3) is 0 Å². The number of benzene rings is 1. The molecule has 5 heteroatoms. The van der Waals surface area contributed by atoms with Crippen LogP contribution < -0.4 is 0 Å². The molecule has 1 unspecified atom stereocenters. The average Bonchev–Trinajstić information content (AvgIpc) is 2.72. The molecule has 1 aliphatic heterocycles.